The molecule has 252 valence electrons. The minimum Gasteiger partial charge on any atom is -0.372 e. The molecule has 3 atom stereocenters. The lowest BCUT2D eigenvalue weighted by atomic mass is 9.94. The van der Waals surface area contributed by atoms with Gasteiger partial charge in [0.25, 0.3) is 5.56 Å². The van der Waals surface area contributed by atoms with Crippen LogP contribution in [-0.4, -0.2) is 65.2 Å². The summed E-state index contributed by atoms with van der Waals surface area (Å²) in [5.41, 5.74) is 7.35. The minimum atomic E-state index is -3.70. The number of aromatic nitrogens is 4. The number of nitrogens with zero attached hydrogens (tertiary/aromatic N) is 5. The number of nitrogens with one attached hydrogen (secondary N) is 1. The third-order valence-corrected chi connectivity index (χ3v) is 8.81. The van der Waals surface area contributed by atoms with Gasteiger partial charge in [0, 0.05) is 49.6 Å². The van der Waals surface area contributed by atoms with E-state index in [1.807, 2.05) is 19.9 Å². The Morgan fingerprint density at radius 2 is 1.75 bits per heavy atom. The van der Waals surface area contributed by atoms with E-state index in [9.17, 15) is 26.8 Å². The van der Waals surface area contributed by atoms with Crippen LogP contribution in [0.15, 0.2) is 59.4 Å². The first-order valence-electron chi connectivity index (χ1n) is 15.3. The van der Waals surface area contributed by atoms with Crippen molar-refractivity contribution in [2.24, 2.45) is 12.8 Å². The molecule has 3 heterocycles. The van der Waals surface area contributed by atoms with Crippen molar-refractivity contribution < 1.29 is 26.7 Å². The van der Waals surface area contributed by atoms with Gasteiger partial charge in [-0.2, -0.15) is 5.10 Å². The summed E-state index contributed by atoms with van der Waals surface area (Å²) in [6.45, 7) is 5.22. The Balaban J connectivity index is 1.62. The lowest BCUT2D eigenvalue weighted by Gasteiger charge is -2.37. The average molecular weight is 680 g/mol. The molecule has 5 aromatic rings. The van der Waals surface area contributed by atoms with E-state index in [0.717, 1.165) is 30.1 Å². The van der Waals surface area contributed by atoms with E-state index in [-0.39, 0.29) is 47.6 Å². The molecule has 3 N–H and O–H groups in total. The predicted molar refractivity (Wildman–Crippen MR) is 179 cm³/mol. The largest absolute Gasteiger partial charge is 0.372 e. The summed E-state index contributed by atoms with van der Waals surface area (Å²) >= 11 is 0. The molecule has 1 aliphatic rings. The Morgan fingerprint density at radius 1 is 1.06 bits per heavy atom. The van der Waals surface area contributed by atoms with E-state index in [1.165, 1.54) is 9.25 Å². The van der Waals surface area contributed by atoms with Crippen molar-refractivity contribution in [1.82, 2.24) is 19.3 Å². The lowest BCUT2D eigenvalue weighted by molar-refractivity contribution is -0.118. The van der Waals surface area contributed by atoms with Gasteiger partial charge in [-0.1, -0.05) is 6.07 Å². The quantitative estimate of drug-likeness (QED) is 0.239. The van der Waals surface area contributed by atoms with E-state index >= 15 is 0 Å². The van der Waals surface area contributed by atoms with Crippen LogP contribution in [0.3, 0.4) is 0 Å². The fourth-order valence-corrected chi connectivity index (χ4v) is 7.04. The van der Waals surface area contributed by atoms with Gasteiger partial charge in [-0.25, -0.2) is 22.2 Å². The molecule has 15 heteroatoms. The SMILES string of the molecule is C[C@@H]1CN(c2ccc3c(=O)n(-c4cccc5c(NS(C)(=O)=O)nn(C)c45)c([C@H](CC(N)=O)Cc4cc(F)cc(F)c4)nc3c2)C[C@H](C)O1. The Hall–Kier alpha value is -4.89. The van der Waals surface area contributed by atoms with Gasteiger partial charge >= 0.3 is 0 Å². The van der Waals surface area contributed by atoms with Gasteiger partial charge in [-0.3, -0.25) is 23.6 Å². The molecule has 1 fully saturated rings. The maximum Gasteiger partial charge on any atom is 0.266 e. The van der Waals surface area contributed by atoms with Gasteiger partial charge in [0.15, 0.2) is 5.82 Å². The molecule has 1 saturated heterocycles. The van der Waals surface area contributed by atoms with Crippen LogP contribution in [0.2, 0.25) is 0 Å². The van der Waals surface area contributed by atoms with Gasteiger partial charge in [0.2, 0.25) is 15.9 Å². The van der Waals surface area contributed by atoms with Crippen LogP contribution in [0.25, 0.3) is 27.5 Å². The number of sulfonamides is 1. The van der Waals surface area contributed by atoms with Crippen LogP contribution >= 0.6 is 0 Å². The monoisotopic (exact) mass is 679 g/mol. The summed E-state index contributed by atoms with van der Waals surface area (Å²) in [5, 5.41) is 5.04. The molecular weight excluding hydrogens is 644 g/mol. The van der Waals surface area contributed by atoms with Gasteiger partial charge < -0.3 is 15.4 Å². The van der Waals surface area contributed by atoms with Crippen molar-refractivity contribution in [1.29, 1.82) is 0 Å². The fraction of sp³-hybridized carbons (Fsp3) is 0.333. The van der Waals surface area contributed by atoms with Crippen molar-refractivity contribution in [2.75, 3.05) is 29.0 Å². The number of hydrogen-bond donors (Lipinski definition) is 2. The molecule has 48 heavy (non-hydrogen) atoms. The first-order valence-corrected chi connectivity index (χ1v) is 17.2. The standard InChI is InChI=1S/C33H35F2N7O5S/c1-18-16-41(17-19(2)47-18)24-8-9-25-27(15-24)37-32(21(13-29(36)43)10-20-11-22(34)14-23(35)12-20)42(33(25)44)28-7-5-6-26-30(28)40(3)38-31(26)39-48(4,45)46/h5-9,11-12,14-15,18-19,21H,10,13,16-17H2,1-4H3,(H2,36,43)(H,38,39)/t18-,19+,21-/m0/s1. The number of morpholine rings is 1. The Bertz CT molecular complexity index is 2210. The highest BCUT2D eigenvalue weighted by Gasteiger charge is 2.28. The zero-order chi connectivity index (χ0) is 34.5. The highest BCUT2D eigenvalue weighted by Crippen LogP contribution is 2.33. The Labute approximate surface area is 275 Å². The maximum absolute atomic E-state index is 14.6. The van der Waals surface area contributed by atoms with Gasteiger partial charge in [-0.05, 0) is 68.3 Å². The number of ether oxygens (including phenoxy) is 1. The third-order valence-electron chi connectivity index (χ3n) is 8.25. The van der Waals surface area contributed by atoms with E-state index in [1.54, 1.807) is 37.4 Å². The van der Waals surface area contributed by atoms with E-state index < -0.39 is 39.0 Å². The summed E-state index contributed by atoms with van der Waals surface area (Å²) in [5.74, 6) is -3.01. The first-order chi connectivity index (χ1) is 22.7. The molecule has 0 aliphatic carbocycles. The normalized spacial score (nSPS) is 17.6. The number of para-hydroxylation sites is 1. The number of fused-ring (bicyclic) bond motifs is 2. The smallest absolute Gasteiger partial charge is 0.266 e. The number of anilines is 2. The van der Waals surface area contributed by atoms with Crippen molar-refractivity contribution in [2.45, 2.75) is 44.8 Å². The molecule has 0 unspecified atom stereocenters. The fourth-order valence-electron chi connectivity index (χ4n) is 6.54. The Morgan fingerprint density at radius 3 is 2.40 bits per heavy atom. The number of halogens is 2. The molecule has 0 radical (unpaired) electrons. The third kappa shape index (κ3) is 6.73. The number of benzene rings is 3. The van der Waals surface area contributed by atoms with Crippen LogP contribution in [0.1, 0.15) is 37.6 Å². The average Bonchev–Trinajstić information content (AvgIpc) is 3.29. The van der Waals surface area contributed by atoms with Crippen molar-refractivity contribution in [3.05, 3.63) is 88.0 Å². The zero-order valence-electron chi connectivity index (χ0n) is 26.8. The number of rotatable bonds is 9. The zero-order valence-corrected chi connectivity index (χ0v) is 27.6. The van der Waals surface area contributed by atoms with Gasteiger partial charge in [-0.15, -0.1) is 0 Å². The molecule has 1 amide bonds. The van der Waals surface area contributed by atoms with Crippen molar-refractivity contribution in [3.8, 4) is 5.69 Å². The van der Waals surface area contributed by atoms with Crippen molar-refractivity contribution >= 4 is 49.2 Å². The topological polar surface area (TPSA) is 154 Å². The number of primary amides is 1. The molecule has 2 aromatic heterocycles. The minimum absolute atomic E-state index is 0.0194. The number of aryl methyl sites for hydroxylation is 1. The lowest BCUT2D eigenvalue weighted by Crippen LogP contribution is -2.45. The summed E-state index contributed by atoms with van der Waals surface area (Å²) < 4.78 is 63.9. The molecule has 0 saturated carbocycles. The maximum atomic E-state index is 14.6. The van der Waals surface area contributed by atoms with Gasteiger partial charge in [0.1, 0.15) is 17.5 Å². The second kappa shape index (κ2) is 12.6. The highest BCUT2D eigenvalue weighted by molar-refractivity contribution is 7.92. The predicted octanol–water partition coefficient (Wildman–Crippen LogP) is 3.74. The van der Waals surface area contributed by atoms with Crippen LogP contribution in [-0.2, 0) is 33.0 Å². The van der Waals surface area contributed by atoms with Crippen LogP contribution < -0.4 is 20.9 Å². The number of nitrogens with two attached hydrogens (primary N) is 1. The first kappa shape index (κ1) is 33.0. The molecule has 3 aromatic carbocycles. The van der Waals surface area contributed by atoms with Crippen molar-refractivity contribution in [3.63, 3.8) is 0 Å². The highest BCUT2D eigenvalue weighted by atomic mass is 32.2. The summed E-state index contributed by atoms with van der Waals surface area (Å²) in [6, 6.07) is 13.4. The van der Waals surface area contributed by atoms with E-state index in [4.69, 9.17) is 15.5 Å². The molecule has 0 spiro atoms. The summed E-state index contributed by atoms with van der Waals surface area (Å²) in [7, 11) is -2.10. The van der Waals surface area contributed by atoms with E-state index in [0.29, 0.717) is 35.2 Å². The summed E-state index contributed by atoms with van der Waals surface area (Å²) in [6.07, 6.45) is 0.596. The van der Waals surface area contributed by atoms with Crippen LogP contribution in [0, 0.1) is 11.6 Å². The molecule has 1 aliphatic heterocycles. The molecule has 12 nitrogen and oxygen atoms in total. The molecule has 0 bridgehead atoms. The molecular formula is C33H35F2N7O5S. The second-order valence-corrected chi connectivity index (χ2v) is 14.1. The van der Waals surface area contributed by atoms with E-state index in [2.05, 4.69) is 14.7 Å². The summed E-state index contributed by atoms with van der Waals surface area (Å²) in [4.78, 5) is 34.2. The number of carbonyl (C=O) groups excluding carboxylic acids is 1. The number of hydrogen-bond acceptors (Lipinski definition) is 8. The second-order valence-electron chi connectivity index (χ2n) is 12.3. The van der Waals surface area contributed by atoms with Crippen LogP contribution in [0.4, 0.5) is 20.3 Å². The number of amides is 1. The number of carbonyl (C=O) groups is 1. The Kier molecular flexibility index (Phi) is 8.68. The van der Waals surface area contributed by atoms with Crippen LogP contribution in [0.5, 0.6) is 0 Å². The molecule has 6 rings (SSSR count). The van der Waals surface area contributed by atoms with Gasteiger partial charge in [0.05, 0.1) is 40.6 Å².